The van der Waals surface area contributed by atoms with Gasteiger partial charge in [-0.05, 0) is 36.8 Å². The zero-order valence-corrected chi connectivity index (χ0v) is 19.3. The highest BCUT2D eigenvalue weighted by molar-refractivity contribution is 6.55. The number of hydrogen-bond acceptors (Lipinski definition) is 5. The van der Waals surface area contributed by atoms with Crippen LogP contribution >= 0.6 is 23.2 Å². The number of rotatable bonds is 11. The first-order valence-corrected chi connectivity index (χ1v) is 10.4. The van der Waals surface area contributed by atoms with Gasteiger partial charge in [0, 0.05) is 24.2 Å². The van der Waals surface area contributed by atoms with Gasteiger partial charge in [-0.2, -0.15) is 13.2 Å². The van der Waals surface area contributed by atoms with E-state index in [1.54, 1.807) is 12.1 Å². The van der Waals surface area contributed by atoms with E-state index in [0.29, 0.717) is 29.4 Å². The van der Waals surface area contributed by atoms with Crippen molar-refractivity contribution < 1.29 is 36.9 Å². The van der Waals surface area contributed by atoms with Gasteiger partial charge in [0.1, 0.15) is 16.8 Å². The number of halogens is 5. The first-order chi connectivity index (χ1) is 15.7. The molecule has 6 nitrogen and oxygen atoms in total. The zero-order valence-electron chi connectivity index (χ0n) is 17.8. The van der Waals surface area contributed by atoms with Gasteiger partial charge in [-0.25, -0.2) is 0 Å². The molecule has 0 unspecified atom stereocenters. The van der Waals surface area contributed by atoms with Crippen molar-refractivity contribution in [2.45, 2.75) is 12.6 Å². The molecule has 2 aromatic rings. The van der Waals surface area contributed by atoms with Gasteiger partial charge in [0.15, 0.2) is 11.5 Å². The highest BCUT2D eigenvalue weighted by Crippen LogP contribution is 2.41. The minimum absolute atomic E-state index is 0.0827. The van der Waals surface area contributed by atoms with Crippen LogP contribution in [0.25, 0.3) is 0 Å². The van der Waals surface area contributed by atoms with Crippen molar-refractivity contribution in [2.75, 3.05) is 34.0 Å². The minimum Gasteiger partial charge on any atom is -0.493 e. The molecule has 2 aromatic carbocycles. The van der Waals surface area contributed by atoms with Crippen molar-refractivity contribution in [3.8, 4) is 23.0 Å². The maximum absolute atomic E-state index is 12.6. The van der Waals surface area contributed by atoms with E-state index < -0.39 is 17.6 Å². The second-order valence-corrected chi connectivity index (χ2v) is 7.50. The summed E-state index contributed by atoms with van der Waals surface area (Å²) >= 11 is 11.1. The number of amides is 1. The van der Waals surface area contributed by atoms with Crippen molar-refractivity contribution >= 4 is 29.1 Å². The molecule has 180 valence electrons. The molecule has 1 amide bonds. The van der Waals surface area contributed by atoms with E-state index >= 15 is 0 Å². The molecule has 0 bridgehead atoms. The minimum atomic E-state index is -4.45. The first-order valence-electron chi connectivity index (χ1n) is 9.64. The molecule has 0 heterocycles. The van der Waals surface area contributed by atoms with E-state index in [1.165, 1.54) is 20.3 Å². The largest absolute Gasteiger partial charge is 0.493 e. The summed E-state index contributed by atoms with van der Waals surface area (Å²) in [4.78, 5) is 12.1. The van der Waals surface area contributed by atoms with Crippen LogP contribution in [0.15, 0.2) is 47.0 Å². The van der Waals surface area contributed by atoms with Crippen LogP contribution in [0.5, 0.6) is 23.0 Å². The van der Waals surface area contributed by atoms with E-state index in [2.05, 4.69) is 5.32 Å². The summed E-state index contributed by atoms with van der Waals surface area (Å²) in [6.45, 7) is 0.607. The highest BCUT2D eigenvalue weighted by Gasteiger charge is 2.30. The Bertz CT molecular complexity index is 936. The Hall–Kier alpha value is -2.78. The average Bonchev–Trinajstić information content (AvgIpc) is 2.78. The van der Waals surface area contributed by atoms with Gasteiger partial charge in [-0.15, -0.1) is 0 Å². The molecule has 0 saturated carbocycles. The molecule has 11 heteroatoms. The van der Waals surface area contributed by atoms with Crippen molar-refractivity contribution in [2.24, 2.45) is 0 Å². The summed E-state index contributed by atoms with van der Waals surface area (Å²) in [7, 11) is 2.93. The smallest absolute Gasteiger partial charge is 0.416 e. The van der Waals surface area contributed by atoms with E-state index in [4.69, 9.17) is 42.1 Å². The van der Waals surface area contributed by atoms with Gasteiger partial charge in [0.05, 0.1) is 26.4 Å². The van der Waals surface area contributed by atoms with Gasteiger partial charge < -0.3 is 24.3 Å². The van der Waals surface area contributed by atoms with Crippen LogP contribution in [-0.4, -0.2) is 39.9 Å². The summed E-state index contributed by atoms with van der Waals surface area (Å²) in [6, 6.07) is 7.21. The number of carbonyl (C=O) groups excluding carboxylic acids is 1. The topological polar surface area (TPSA) is 66.0 Å². The Labute approximate surface area is 199 Å². The lowest BCUT2D eigenvalue weighted by Crippen LogP contribution is -2.25. The van der Waals surface area contributed by atoms with E-state index in [-0.39, 0.29) is 29.8 Å². The summed E-state index contributed by atoms with van der Waals surface area (Å²) in [5.74, 6) is 1.07. The fourth-order valence-electron chi connectivity index (χ4n) is 2.64. The lowest BCUT2D eigenvalue weighted by molar-refractivity contribution is -0.137. The maximum Gasteiger partial charge on any atom is 0.416 e. The van der Waals surface area contributed by atoms with Gasteiger partial charge in [-0.1, -0.05) is 23.2 Å². The predicted molar refractivity (Wildman–Crippen MR) is 119 cm³/mol. The molecule has 0 aliphatic carbocycles. The molecule has 0 aliphatic rings. The molecule has 0 radical (unpaired) electrons. The highest BCUT2D eigenvalue weighted by atomic mass is 35.5. The van der Waals surface area contributed by atoms with E-state index in [9.17, 15) is 18.0 Å². The second kappa shape index (κ2) is 12.5. The second-order valence-electron chi connectivity index (χ2n) is 6.49. The van der Waals surface area contributed by atoms with Gasteiger partial charge in [-0.3, -0.25) is 4.79 Å². The van der Waals surface area contributed by atoms with Crippen molar-refractivity contribution in [3.05, 3.63) is 58.1 Å². The number of nitrogens with one attached hydrogen (secondary N) is 1. The molecule has 33 heavy (non-hydrogen) atoms. The van der Waals surface area contributed by atoms with Crippen molar-refractivity contribution in [1.82, 2.24) is 5.32 Å². The molecule has 0 aliphatic heterocycles. The van der Waals surface area contributed by atoms with Gasteiger partial charge in [0.25, 0.3) is 5.91 Å². The molecule has 2 rings (SSSR count). The Morgan fingerprint density at radius 3 is 2.15 bits per heavy atom. The number of ether oxygens (including phenoxy) is 4. The summed E-state index contributed by atoms with van der Waals surface area (Å²) in [6.07, 6.45) is -2.55. The zero-order chi connectivity index (χ0) is 24.4. The van der Waals surface area contributed by atoms with Crippen molar-refractivity contribution in [1.29, 1.82) is 0 Å². The van der Waals surface area contributed by atoms with Crippen LogP contribution in [-0.2, 0) is 6.18 Å². The molecule has 0 atom stereocenters. The number of hydrogen-bond donors (Lipinski definition) is 1. The number of carbonyl (C=O) groups is 1. The quantitative estimate of drug-likeness (QED) is 0.400. The van der Waals surface area contributed by atoms with E-state index in [0.717, 1.165) is 24.3 Å². The van der Waals surface area contributed by atoms with Gasteiger partial charge >= 0.3 is 6.18 Å². The molecule has 0 aromatic heterocycles. The molecular formula is C22H22Cl2F3NO5. The summed E-state index contributed by atoms with van der Waals surface area (Å²) in [5, 5.41) is 2.63. The number of alkyl halides is 3. The van der Waals surface area contributed by atoms with Crippen LogP contribution in [0.3, 0.4) is 0 Å². The molecule has 1 N–H and O–H groups in total. The SMILES string of the molecule is COc1cc(OCC=C(Cl)Cl)cc(OC)c1OCCCNC(=O)c1ccc(C(F)(F)F)cc1. The van der Waals surface area contributed by atoms with E-state index in [1.807, 2.05) is 0 Å². The molecule has 0 fully saturated rings. The normalized spacial score (nSPS) is 10.9. The lowest BCUT2D eigenvalue weighted by Gasteiger charge is -2.16. The average molecular weight is 508 g/mol. The monoisotopic (exact) mass is 507 g/mol. The maximum atomic E-state index is 12.6. The third kappa shape index (κ3) is 8.25. The van der Waals surface area contributed by atoms with Crippen molar-refractivity contribution in [3.63, 3.8) is 0 Å². The van der Waals surface area contributed by atoms with Crippen LogP contribution in [0.1, 0.15) is 22.3 Å². The third-order valence-corrected chi connectivity index (χ3v) is 4.56. The number of benzene rings is 2. The number of methoxy groups -OCH3 is 2. The fraction of sp³-hybridized carbons (Fsp3) is 0.318. The third-order valence-electron chi connectivity index (χ3n) is 4.25. The summed E-state index contributed by atoms with van der Waals surface area (Å²) < 4.78 is 59.9. The Kier molecular flexibility index (Phi) is 9.99. The van der Waals surface area contributed by atoms with Crippen LogP contribution in [0, 0.1) is 0 Å². The van der Waals surface area contributed by atoms with Crippen LogP contribution in [0.4, 0.5) is 13.2 Å². The Morgan fingerprint density at radius 2 is 1.64 bits per heavy atom. The first kappa shape index (κ1) is 26.5. The van der Waals surface area contributed by atoms with Crippen LogP contribution in [0.2, 0.25) is 0 Å². The van der Waals surface area contributed by atoms with Gasteiger partial charge in [0.2, 0.25) is 5.75 Å². The standard InChI is InChI=1S/C22H22Cl2F3NO5/c1-30-17-12-16(32-11-8-19(23)24)13-18(31-2)20(17)33-10-3-9-28-21(29)14-4-6-15(7-5-14)22(25,26)27/h4-8,12-13H,3,9-11H2,1-2H3,(H,28,29). The fourth-order valence-corrected chi connectivity index (χ4v) is 2.77. The summed E-state index contributed by atoms with van der Waals surface area (Å²) in [5.41, 5.74) is -0.681. The van der Waals surface area contributed by atoms with Crippen LogP contribution < -0.4 is 24.3 Å². The molecule has 0 spiro atoms. The Balaban J connectivity index is 1.89. The molecular weight excluding hydrogens is 486 g/mol. The molecule has 0 saturated heterocycles. The lowest BCUT2D eigenvalue weighted by atomic mass is 10.1. The predicted octanol–water partition coefficient (Wildman–Crippen LogP) is 5.62. The Morgan fingerprint density at radius 1 is 1.03 bits per heavy atom.